The van der Waals surface area contributed by atoms with Crippen LogP contribution in [0.15, 0.2) is 12.0 Å². The minimum absolute atomic E-state index is 0.00806. The maximum atomic E-state index is 11.9. The Bertz CT molecular complexity index is 420. The van der Waals surface area contributed by atoms with Crippen molar-refractivity contribution < 1.29 is 23.8 Å². The highest BCUT2D eigenvalue weighted by Gasteiger charge is 2.28. The van der Waals surface area contributed by atoms with E-state index in [0.29, 0.717) is 25.0 Å². The summed E-state index contributed by atoms with van der Waals surface area (Å²) in [6.07, 6.45) is 4.52. The molecular formula is C15H23NO5. The molecule has 1 aliphatic heterocycles. The van der Waals surface area contributed by atoms with Gasteiger partial charge in [-0.3, -0.25) is 4.79 Å². The summed E-state index contributed by atoms with van der Waals surface area (Å²) in [5.41, 5.74) is 0. The molecule has 21 heavy (non-hydrogen) atoms. The van der Waals surface area contributed by atoms with Crippen molar-refractivity contribution >= 4 is 11.9 Å². The smallest absolute Gasteiger partial charge is 0.377 e. The zero-order chi connectivity index (χ0) is 15.2. The van der Waals surface area contributed by atoms with E-state index in [9.17, 15) is 9.59 Å². The fraction of sp³-hybridized carbons (Fsp3) is 0.733. The molecule has 0 aromatic heterocycles. The zero-order valence-corrected chi connectivity index (χ0v) is 12.6. The predicted molar refractivity (Wildman–Crippen MR) is 75.1 cm³/mol. The molecule has 6 heteroatoms. The summed E-state index contributed by atoms with van der Waals surface area (Å²) in [5.74, 6) is 0.107. The summed E-state index contributed by atoms with van der Waals surface area (Å²) in [7, 11) is 0. The SMILES string of the molecule is C[C@H]1[C@H](C)CCC[C@H]1NC(=O)COC(=O)C1=COCCO1. The van der Waals surface area contributed by atoms with Gasteiger partial charge in [0.25, 0.3) is 5.91 Å². The Labute approximate surface area is 124 Å². The van der Waals surface area contributed by atoms with Crippen LogP contribution >= 0.6 is 0 Å². The lowest BCUT2D eigenvalue weighted by Crippen LogP contribution is -2.45. The molecule has 0 unspecified atom stereocenters. The van der Waals surface area contributed by atoms with E-state index in [1.54, 1.807) is 0 Å². The van der Waals surface area contributed by atoms with Gasteiger partial charge in [-0.05, 0) is 18.3 Å². The molecule has 2 rings (SSSR count). The Balaban J connectivity index is 1.74. The van der Waals surface area contributed by atoms with Crippen LogP contribution in [-0.4, -0.2) is 37.7 Å². The van der Waals surface area contributed by atoms with Crippen LogP contribution in [0.1, 0.15) is 33.1 Å². The number of carbonyl (C=O) groups is 2. The lowest BCUT2D eigenvalue weighted by molar-refractivity contribution is -0.149. The van der Waals surface area contributed by atoms with Gasteiger partial charge < -0.3 is 19.5 Å². The standard InChI is InChI=1S/C15H23NO5/c1-10-4-3-5-12(11(10)2)16-14(17)9-21-15(18)13-8-19-6-7-20-13/h8,10-12H,3-7,9H2,1-2H3,(H,16,17)/t10-,11+,12-/m1/s1. The van der Waals surface area contributed by atoms with Gasteiger partial charge in [0.1, 0.15) is 19.5 Å². The molecule has 1 heterocycles. The molecule has 0 bridgehead atoms. The van der Waals surface area contributed by atoms with E-state index in [0.717, 1.165) is 12.8 Å². The largest absolute Gasteiger partial charge is 0.493 e. The van der Waals surface area contributed by atoms with Gasteiger partial charge in [0.15, 0.2) is 6.61 Å². The van der Waals surface area contributed by atoms with Crippen LogP contribution < -0.4 is 5.32 Å². The Morgan fingerprint density at radius 1 is 1.33 bits per heavy atom. The Morgan fingerprint density at radius 3 is 2.86 bits per heavy atom. The van der Waals surface area contributed by atoms with E-state index in [4.69, 9.17) is 14.2 Å². The van der Waals surface area contributed by atoms with Crippen molar-refractivity contribution in [3.63, 3.8) is 0 Å². The van der Waals surface area contributed by atoms with Gasteiger partial charge in [0.05, 0.1) is 0 Å². The van der Waals surface area contributed by atoms with E-state index in [2.05, 4.69) is 19.2 Å². The molecule has 118 valence electrons. The maximum Gasteiger partial charge on any atom is 0.377 e. The van der Waals surface area contributed by atoms with Crippen LogP contribution in [0.25, 0.3) is 0 Å². The number of carbonyl (C=O) groups excluding carboxylic acids is 2. The Hall–Kier alpha value is -1.72. The summed E-state index contributed by atoms with van der Waals surface area (Å²) < 4.78 is 15.0. The van der Waals surface area contributed by atoms with Crippen molar-refractivity contribution in [1.82, 2.24) is 5.32 Å². The third-order valence-corrected chi connectivity index (χ3v) is 4.24. The zero-order valence-electron chi connectivity index (χ0n) is 12.6. The van der Waals surface area contributed by atoms with E-state index >= 15 is 0 Å². The molecule has 1 aliphatic carbocycles. The molecule has 0 aromatic rings. The van der Waals surface area contributed by atoms with Crippen LogP contribution in [0, 0.1) is 11.8 Å². The molecule has 1 saturated carbocycles. The van der Waals surface area contributed by atoms with Crippen molar-refractivity contribution in [3.8, 4) is 0 Å². The van der Waals surface area contributed by atoms with Crippen molar-refractivity contribution in [1.29, 1.82) is 0 Å². The first kappa shape index (κ1) is 15.7. The second-order valence-corrected chi connectivity index (χ2v) is 5.72. The molecule has 0 saturated heterocycles. The summed E-state index contributed by atoms with van der Waals surface area (Å²) in [4.78, 5) is 23.5. The minimum Gasteiger partial charge on any atom is -0.493 e. The fourth-order valence-corrected chi connectivity index (χ4v) is 2.71. The molecule has 6 nitrogen and oxygen atoms in total. The second-order valence-electron chi connectivity index (χ2n) is 5.72. The van der Waals surface area contributed by atoms with Crippen molar-refractivity contribution in [2.24, 2.45) is 11.8 Å². The first-order valence-electron chi connectivity index (χ1n) is 7.49. The number of rotatable bonds is 4. The highest BCUT2D eigenvalue weighted by molar-refractivity contribution is 5.88. The molecule has 2 aliphatic rings. The van der Waals surface area contributed by atoms with Crippen LogP contribution in [0.5, 0.6) is 0 Å². The average Bonchev–Trinajstić information content (AvgIpc) is 2.50. The minimum atomic E-state index is -0.671. The number of esters is 1. The van der Waals surface area contributed by atoms with Gasteiger partial charge in [-0.25, -0.2) is 4.79 Å². The number of amides is 1. The van der Waals surface area contributed by atoms with Gasteiger partial charge in [0.2, 0.25) is 5.76 Å². The Morgan fingerprint density at radius 2 is 2.14 bits per heavy atom. The van der Waals surface area contributed by atoms with Crippen molar-refractivity contribution in [2.75, 3.05) is 19.8 Å². The molecular weight excluding hydrogens is 274 g/mol. The summed E-state index contributed by atoms with van der Waals surface area (Å²) in [6, 6.07) is 0.161. The maximum absolute atomic E-state index is 11.9. The van der Waals surface area contributed by atoms with Crippen LogP contribution in [0.3, 0.4) is 0 Å². The predicted octanol–water partition coefficient (Wildman–Crippen LogP) is 1.36. The monoisotopic (exact) mass is 297 g/mol. The average molecular weight is 297 g/mol. The van der Waals surface area contributed by atoms with Gasteiger partial charge in [-0.15, -0.1) is 0 Å². The van der Waals surface area contributed by atoms with Crippen molar-refractivity contribution in [3.05, 3.63) is 12.0 Å². The van der Waals surface area contributed by atoms with Crippen LogP contribution in [0.4, 0.5) is 0 Å². The topological polar surface area (TPSA) is 73.9 Å². The third kappa shape index (κ3) is 4.37. The first-order valence-corrected chi connectivity index (χ1v) is 7.49. The lowest BCUT2D eigenvalue weighted by Gasteiger charge is -2.34. The van der Waals surface area contributed by atoms with Crippen molar-refractivity contribution in [2.45, 2.75) is 39.2 Å². The highest BCUT2D eigenvalue weighted by atomic mass is 16.6. The number of ether oxygens (including phenoxy) is 3. The highest BCUT2D eigenvalue weighted by Crippen LogP contribution is 2.29. The first-order chi connectivity index (χ1) is 10.1. The molecule has 3 atom stereocenters. The van der Waals surface area contributed by atoms with E-state index in [-0.39, 0.29) is 24.3 Å². The number of nitrogens with one attached hydrogen (secondary N) is 1. The summed E-state index contributed by atoms with van der Waals surface area (Å²) in [6.45, 7) is 4.78. The second kappa shape index (κ2) is 7.33. The molecule has 0 spiro atoms. The molecule has 1 N–H and O–H groups in total. The summed E-state index contributed by atoms with van der Waals surface area (Å²) >= 11 is 0. The van der Waals surface area contributed by atoms with E-state index < -0.39 is 5.97 Å². The van der Waals surface area contributed by atoms with Crippen LogP contribution in [0.2, 0.25) is 0 Å². The third-order valence-electron chi connectivity index (χ3n) is 4.24. The molecule has 1 amide bonds. The molecule has 1 fully saturated rings. The summed E-state index contributed by atoms with van der Waals surface area (Å²) in [5, 5.41) is 2.95. The van der Waals surface area contributed by atoms with E-state index in [1.807, 2.05) is 0 Å². The lowest BCUT2D eigenvalue weighted by atomic mass is 9.78. The normalized spacial score (nSPS) is 28.7. The fourth-order valence-electron chi connectivity index (χ4n) is 2.71. The number of hydrogen-bond acceptors (Lipinski definition) is 5. The van der Waals surface area contributed by atoms with Gasteiger partial charge in [-0.1, -0.05) is 26.7 Å². The molecule has 0 radical (unpaired) electrons. The number of hydrogen-bond donors (Lipinski definition) is 1. The van der Waals surface area contributed by atoms with Gasteiger partial charge in [0, 0.05) is 6.04 Å². The Kier molecular flexibility index (Phi) is 5.47. The molecule has 0 aromatic carbocycles. The van der Waals surface area contributed by atoms with Gasteiger partial charge >= 0.3 is 5.97 Å². The van der Waals surface area contributed by atoms with Gasteiger partial charge in [-0.2, -0.15) is 0 Å². The van der Waals surface area contributed by atoms with E-state index in [1.165, 1.54) is 12.7 Å². The van der Waals surface area contributed by atoms with Crippen LogP contribution in [-0.2, 0) is 23.8 Å². The quantitative estimate of drug-likeness (QED) is 0.793.